The maximum atomic E-state index is 4.63. The summed E-state index contributed by atoms with van der Waals surface area (Å²) in [6.45, 7) is 2.05. The highest BCUT2D eigenvalue weighted by Crippen LogP contribution is 2.22. The molecule has 0 radical (unpaired) electrons. The second kappa shape index (κ2) is 4.14. The maximum Gasteiger partial charge on any atom is 0.134 e. The van der Waals surface area contributed by atoms with Gasteiger partial charge in [0.1, 0.15) is 5.82 Å². The molecule has 0 saturated carbocycles. The van der Waals surface area contributed by atoms with E-state index in [0.29, 0.717) is 0 Å². The van der Waals surface area contributed by atoms with Crippen LogP contribution in [0.15, 0.2) is 42.7 Å². The first-order valence-corrected chi connectivity index (χ1v) is 5.84. The van der Waals surface area contributed by atoms with Crippen LogP contribution in [0, 0.1) is 6.92 Å². The van der Waals surface area contributed by atoms with E-state index in [1.54, 1.807) is 10.9 Å². The third kappa shape index (κ3) is 1.93. The average molecular weight is 238 g/mol. The molecule has 0 atom stereocenters. The topological polar surface area (TPSA) is 42.7 Å². The lowest BCUT2D eigenvalue weighted by molar-refractivity contribution is 0.768. The summed E-state index contributed by atoms with van der Waals surface area (Å²) in [7, 11) is 1.89. The molecule has 0 unspecified atom stereocenters. The molecule has 18 heavy (non-hydrogen) atoms. The molecule has 4 nitrogen and oxygen atoms in total. The van der Waals surface area contributed by atoms with Crippen molar-refractivity contribution < 1.29 is 0 Å². The Morgan fingerprint density at radius 2 is 2.06 bits per heavy atom. The van der Waals surface area contributed by atoms with Crippen LogP contribution in [0.25, 0.3) is 10.9 Å². The van der Waals surface area contributed by atoms with Crippen LogP contribution >= 0.6 is 0 Å². The molecule has 0 aliphatic carbocycles. The summed E-state index contributed by atoms with van der Waals surface area (Å²) in [5.41, 5.74) is 3.07. The molecule has 2 heterocycles. The van der Waals surface area contributed by atoms with E-state index in [1.165, 1.54) is 0 Å². The quantitative estimate of drug-likeness (QED) is 0.746. The first-order valence-electron chi connectivity index (χ1n) is 5.84. The summed E-state index contributed by atoms with van der Waals surface area (Å²) < 4.78 is 1.76. The standard InChI is InChI=1S/C14H14N4/c1-10-7-11-5-3-4-6-13(11)17-14(10)16-12-8-15-18(2)9-12/h3-9H,1-2H3,(H,16,17). The summed E-state index contributed by atoms with van der Waals surface area (Å²) in [5, 5.41) is 8.58. The highest BCUT2D eigenvalue weighted by atomic mass is 15.3. The molecule has 0 spiro atoms. The van der Waals surface area contributed by atoms with Crippen molar-refractivity contribution >= 4 is 22.4 Å². The normalized spacial score (nSPS) is 10.8. The average Bonchev–Trinajstić information content (AvgIpc) is 2.76. The van der Waals surface area contributed by atoms with Crippen LogP contribution < -0.4 is 5.32 Å². The predicted octanol–water partition coefficient (Wildman–Crippen LogP) is 3.02. The van der Waals surface area contributed by atoms with Crippen molar-refractivity contribution in [1.82, 2.24) is 14.8 Å². The molecule has 3 aromatic rings. The summed E-state index contributed by atoms with van der Waals surface area (Å²) in [6, 6.07) is 10.3. The fourth-order valence-corrected chi connectivity index (χ4v) is 1.97. The fraction of sp³-hybridized carbons (Fsp3) is 0.143. The van der Waals surface area contributed by atoms with Gasteiger partial charge in [0.05, 0.1) is 17.4 Å². The van der Waals surface area contributed by atoms with E-state index in [4.69, 9.17) is 0 Å². The Labute approximate surface area is 105 Å². The fourth-order valence-electron chi connectivity index (χ4n) is 1.97. The predicted molar refractivity (Wildman–Crippen MR) is 73.0 cm³/mol. The van der Waals surface area contributed by atoms with Gasteiger partial charge in [0, 0.05) is 18.6 Å². The van der Waals surface area contributed by atoms with Gasteiger partial charge in [-0.1, -0.05) is 18.2 Å². The summed E-state index contributed by atoms with van der Waals surface area (Å²) in [5.74, 6) is 0.877. The number of aromatic nitrogens is 3. The third-order valence-corrected chi connectivity index (χ3v) is 2.88. The first kappa shape index (κ1) is 10.8. The Morgan fingerprint density at radius 1 is 1.22 bits per heavy atom. The van der Waals surface area contributed by atoms with Crippen molar-refractivity contribution in [3.05, 3.63) is 48.3 Å². The van der Waals surface area contributed by atoms with E-state index in [2.05, 4.69) is 34.5 Å². The van der Waals surface area contributed by atoms with Crippen LogP contribution in [-0.4, -0.2) is 14.8 Å². The lowest BCUT2D eigenvalue weighted by atomic mass is 10.1. The van der Waals surface area contributed by atoms with Gasteiger partial charge in [0.15, 0.2) is 0 Å². The lowest BCUT2D eigenvalue weighted by Crippen LogP contribution is -1.96. The summed E-state index contributed by atoms with van der Waals surface area (Å²) in [4.78, 5) is 4.63. The molecule has 90 valence electrons. The van der Waals surface area contributed by atoms with E-state index in [-0.39, 0.29) is 0 Å². The minimum Gasteiger partial charge on any atom is -0.337 e. The smallest absolute Gasteiger partial charge is 0.134 e. The molecule has 0 aliphatic heterocycles. The Bertz CT molecular complexity index is 700. The van der Waals surface area contributed by atoms with Crippen LogP contribution in [-0.2, 0) is 7.05 Å². The molecule has 0 bridgehead atoms. The molecule has 4 heteroatoms. The Morgan fingerprint density at radius 3 is 2.83 bits per heavy atom. The second-order valence-corrected chi connectivity index (χ2v) is 4.37. The Balaban J connectivity index is 2.03. The molecule has 3 rings (SSSR count). The minimum atomic E-state index is 0.877. The number of rotatable bonds is 2. The van der Waals surface area contributed by atoms with Gasteiger partial charge in [0.2, 0.25) is 0 Å². The van der Waals surface area contributed by atoms with E-state index in [0.717, 1.165) is 28.0 Å². The van der Waals surface area contributed by atoms with Crippen LogP contribution in [0.1, 0.15) is 5.56 Å². The van der Waals surface area contributed by atoms with Crippen molar-refractivity contribution in [2.45, 2.75) is 6.92 Å². The number of aryl methyl sites for hydroxylation is 2. The number of nitrogens with one attached hydrogen (secondary N) is 1. The van der Waals surface area contributed by atoms with E-state index < -0.39 is 0 Å². The van der Waals surface area contributed by atoms with E-state index in [1.807, 2.05) is 31.4 Å². The molecule has 1 aromatic carbocycles. The van der Waals surface area contributed by atoms with E-state index in [9.17, 15) is 0 Å². The first-order chi connectivity index (χ1) is 8.72. The highest BCUT2D eigenvalue weighted by molar-refractivity contribution is 5.82. The van der Waals surface area contributed by atoms with Gasteiger partial charge < -0.3 is 5.32 Å². The largest absolute Gasteiger partial charge is 0.337 e. The third-order valence-electron chi connectivity index (χ3n) is 2.88. The number of fused-ring (bicyclic) bond motifs is 1. The van der Waals surface area contributed by atoms with Gasteiger partial charge in [-0.05, 0) is 24.6 Å². The molecule has 0 amide bonds. The monoisotopic (exact) mass is 238 g/mol. The summed E-state index contributed by atoms with van der Waals surface area (Å²) >= 11 is 0. The Hall–Kier alpha value is -2.36. The zero-order valence-corrected chi connectivity index (χ0v) is 10.4. The number of benzene rings is 1. The maximum absolute atomic E-state index is 4.63. The van der Waals surface area contributed by atoms with Gasteiger partial charge in [-0.3, -0.25) is 4.68 Å². The second-order valence-electron chi connectivity index (χ2n) is 4.37. The minimum absolute atomic E-state index is 0.877. The molecule has 2 aromatic heterocycles. The lowest BCUT2D eigenvalue weighted by Gasteiger charge is -2.08. The van der Waals surface area contributed by atoms with E-state index >= 15 is 0 Å². The molecular weight excluding hydrogens is 224 g/mol. The van der Waals surface area contributed by atoms with Crippen molar-refractivity contribution in [2.75, 3.05) is 5.32 Å². The molecular formula is C14H14N4. The van der Waals surface area contributed by atoms with Crippen molar-refractivity contribution in [2.24, 2.45) is 7.05 Å². The number of hydrogen-bond acceptors (Lipinski definition) is 3. The number of pyridine rings is 1. The number of hydrogen-bond donors (Lipinski definition) is 1. The summed E-state index contributed by atoms with van der Waals surface area (Å²) in [6.07, 6.45) is 3.71. The van der Waals surface area contributed by atoms with Gasteiger partial charge >= 0.3 is 0 Å². The highest BCUT2D eigenvalue weighted by Gasteiger charge is 2.04. The van der Waals surface area contributed by atoms with Crippen LogP contribution in [0.2, 0.25) is 0 Å². The molecule has 0 saturated heterocycles. The van der Waals surface area contributed by atoms with Crippen LogP contribution in [0.3, 0.4) is 0 Å². The number of para-hydroxylation sites is 1. The van der Waals surface area contributed by atoms with Crippen molar-refractivity contribution in [3.8, 4) is 0 Å². The number of nitrogens with zero attached hydrogens (tertiary/aromatic N) is 3. The number of anilines is 2. The van der Waals surface area contributed by atoms with Gasteiger partial charge in [-0.15, -0.1) is 0 Å². The zero-order chi connectivity index (χ0) is 12.5. The van der Waals surface area contributed by atoms with Gasteiger partial charge in [0.25, 0.3) is 0 Å². The molecule has 1 N–H and O–H groups in total. The van der Waals surface area contributed by atoms with Gasteiger partial charge in [-0.2, -0.15) is 5.10 Å². The Kier molecular flexibility index (Phi) is 2.48. The van der Waals surface area contributed by atoms with Gasteiger partial charge in [-0.25, -0.2) is 4.98 Å². The van der Waals surface area contributed by atoms with Crippen molar-refractivity contribution in [3.63, 3.8) is 0 Å². The zero-order valence-electron chi connectivity index (χ0n) is 10.4. The van der Waals surface area contributed by atoms with Crippen LogP contribution in [0.5, 0.6) is 0 Å². The van der Waals surface area contributed by atoms with Crippen LogP contribution in [0.4, 0.5) is 11.5 Å². The molecule has 0 fully saturated rings. The SMILES string of the molecule is Cc1cc2ccccc2nc1Nc1cnn(C)c1. The molecule has 0 aliphatic rings. The van der Waals surface area contributed by atoms with Crippen molar-refractivity contribution in [1.29, 1.82) is 0 Å².